The van der Waals surface area contributed by atoms with Crippen molar-refractivity contribution in [3.8, 4) is 0 Å². The lowest BCUT2D eigenvalue weighted by Crippen LogP contribution is -2.41. The molecule has 2 fully saturated rings. The summed E-state index contributed by atoms with van der Waals surface area (Å²) in [6.45, 7) is 2.49. The summed E-state index contributed by atoms with van der Waals surface area (Å²) >= 11 is 0. The molecule has 4 nitrogen and oxygen atoms in total. The van der Waals surface area contributed by atoms with Gasteiger partial charge in [0.25, 0.3) is 0 Å². The van der Waals surface area contributed by atoms with Crippen LogP contribution < -0.4 is 11.1 Å². The molecule has 2 aliphatic rings. The molecule has 1 aromatic rings. The van der Waals surface area contributed by atoms with Crippen molar-refractivity contribution in [3.63, 3.8) is 0 Å². The molecule has 2 aliphatic heterocycles. The van der Waals surface area contributed by atoms with Crippen molar-refractivity contribution >= 4 is 11.5 Å². The van der Waals surface area contributed by atoms with Gasteiger partial charge >= 0.3 is 0 Å². The molecule has 2 unspecified atom stereocenters. The number of nitrogen functional groups attached to an aromatic ring is 1. The van der Waals surface area contributed by atoms with Gasteiger partial charge in [-0.25, -0.2) is 4.98 Å². The van der Waals surface area contributed by atoms with E-state index in [1.165, 1.54) is 38.8 Å². The third kappa shape index (κ3) is 2.09. The SMILES string of the molecule is Nc1ncccc1NC1CCN2CCCCC12. The number of aromatic nitrogens is 1. The monoisotopic (exact) mass is 232 g/mol. The molecule has 0 amide bonds. The zero-order valence-corrected chi connectivity index (χ0v) is 10.1. The molecule has 1 aromatic heterocycles. The highest BCUT2D eigenvalue weighted by molar-refractivity contribution is 5.61. The molecule has 4 heteroatoms. The fourth-order valence-corrected chi connectivity index (χ4v) is 3.16. The fraction of sp³-hybridized carbons (Fsp3) is 0.615. The molecule has 3 heterocycles. The Morgan fingerprint density at radius 1 is 1.29 bits per heavy atom. The number of pyridine rings is 1. The summed E-state index contributed by atoms with van der Waals surface area (Å²) in [7, 11) is 0. The van der Waals surface area contributed by atoms with Gasteiger partial charge in [-0.15, -0.1) is 0 Å². The van der Waals surface area contributed by atoms with Crippen molar-refractivity contribution in [3.05, 3.63) is 18.3 Å². The molecule has 0 bridgehead atoms. The van der Waals surface area contributed by atoms with Crippen LogP contribution in [0.25, 0.3) is 0 Å². The van der Waals surface area contributed by atoms with Crippen LogP contribution in [0.1, 0.15) is 25.7 Å². The van der Waals surface area contributed by atoms with Crippen LogP contribution in [0, 0.1) is 0 Å². The summed E-state index contributed by atoms with van der Waals surface area (Å²) < 4.78 is 0. The third-order valence-corrected chi connectivity index (χ3v) is 4.04. The summed E-state index contributed by atoms with van der Waals surface area (Å²) in [4.78, 5) is 6.75. The quantitative estimate of drug-likeness (QED) is 0.815. The molecule has 3 N–H and O–H groups in total. The van der Waals surface area contributed by atoms with E-state index < -0.39 is 0 Å². The Morgan fingerprint density at radius 2 is 2.24 bits per heavy atom. The van der Waals surface area contributed by atoms with Crippen molar-refractivity contribution < 1.29 is 0 Å². The largest absolute Gasteiger partial charge is 0.382 e. The van der Waals surface area contributed by atoms with Gasteiger partial charge in [-0.1, -0.05) is 6.42 Å². The van der Waals surface area contributed by atoms with Gasteiger partial charge in [-0.05, 0) is 37.9 Å². The second kappa shape index (κ2) is 4.53. The number of fused-ring (bicyclic) bond motifs is 1. The Balaban J connectivity index is 1.71. The lowest BCUT2D eigenvalue weighted by molar-refractivity contribution is 0.193. The standard InChI is InChI=1S/C13H20N4/c14-13-11(4-3-7-15-13)16-10-6-9-17-8-2-1-5-12(10)17/h3-4,7,10,12,16H,1-2,5-6,8-9H2,(H2,14,15). The maximum atomic E-state index is 5.88. The minimum absolute atomic E-state index is 0.543. The van der Waals surface area contributed by atoms with Gasteiger partial charge in [-0.2, -0.15) is 0 Å². The predicted molar refractivity (Wildman–Crippen MR) is 69.9 cm³/mol. The lowest BCUT2D eigenvalue weighted by atomic mass is 9.99. The minimum atomic E-state index is 0.543. The molecule has 0 aromatic carbocycles. The zero-order valence-electron chi connectivity index (χ0n) is 10.1. The summed E-state index contributed by atoms with van der Waals surface area (Å²) in [6, 6.07) is 5.20. The number of hydrogen-bond donors (Lipinski definition) is 2. The van der Waals surface area contributed by atoms with Gasteiger partial charge in [0.1, 0.15) is 5.82 Å². The Morgan fingerprint density at radius 3 is 3.12 bits per heavy atom. The average Bonchev–Trinajstić information content (AvgIpc) is 2.76. The van der Waals surface area contributed by atoms with E-state index in [0.29, 0.717) is 17.9 Å². The van der Waals surface area contributed by atoms with Gasteiger partial charge in [-0.3, -0.25) is 4.90 Å². The number of anilines is 2. The molecule has 0 saturated carbocycles. The molecular weight excluding hydrogens is 212 g/mol. The van der Waals surface area contributed by atoms with Gasteiger partial charge < -0.3 is 11.1 Å². The van der Waals surface area contributed by atoms with Gasteiger partial charge in [0.05, 0.1) is 5.69 Å². The molecule has 3 rings (SSSR count). The zero-order chi connectivity index (χ0) is 11.7. The van der Waals surface area contributed by atoms with E-state index in [1.807, 2.05) is 12.1 Å². The molecule has 0 radical (unpaired) electrons. The van der Waals surface area contributed by atoms with Crippen LogP contribution in [0.3, 0.4) is 0 Å². The topological polar surface area (TPSA) is 54.2 Å². The van der Waals surface area contributed by atoms with Gasteiger partial charge in [0.2, 0.25) is 0 Å². The molecule has 17 heavy (non-hydrogen) atoms. The predicted octanol–water partition coefficient (Wildman–Crippen LogP) is 1.70. The summed E-state index contributed by atoms with van der Waals surface area (Å²) in [5, 5.41) is 3.58. The van der Waals surface area contributed by atoms with E-state index in [1.54, 1.807) is 6.20 Å². The molecular formula is C13H20N4. The van der Waals surface area contributed by atoms with Crippen molar-refractivity contribution in [2.45, 2.75) is 37.8 Å². The Bertz CT molecular complexity index is 393. The molecule has 0 spiro atoms. The second-order valence-corrected chi connectivity index (χ2v) is 5.07. The van der Waals surface area contributed by atoms with E-state index in [4.69, 9.17) is 5.73 Å². The first kappa shape index (κ1) is 10.8. The van der Waals surface area contributed by atoms with Crippen molar-refractivity contribution in [2.24, 2.45) is 0 Å². The third-order valence-electron chi connectivity index (χ3n) is 4.04. The maximum absolute atomic E-state index is 5.88. The highest BCUT2D eigenvalue weighted by Crippen LogP contribution is 2.30. The van der Waals surface area contributed by atoms with Crippen molar-refractivity contribution in [1.82, 2.24) is 9.88 Å². The van der Waals surface area contributed by atoms with E-state index >= 15 is 0 Å². The number of nitrogens with zero attached hydrogens (tertiary/aromatic N) is 2. The molecule has 2 atom stereocenters. The lowest BCUT2D eigenvalue weighted by Gasteiger charge is -2.33. The minimum Gasteiger partial charge on any atom is -0.382 e. The van der Waals surface area contributed by atoms with E-state index in [0.717, 1.165) is 5.69 Å². The number of nitrogens with two attached hydrogens (primary N) is 1. The van der Waals surface area contributed by atoms with Crippen LogP contribution in [0.5, 0.6) is 0 Å². The van der Waals surface area contributed by atoms with Gasteiger partial charge in [0.15, 0.2) is 0 Å². The fourth-order valence-electron chi connectivity index (χ4n) is 3.16. The molecule has 0 aliphatic carbocycles. The first-order valence-corrected chi connectivity index (χ1v) is 6.55. The first-order valence-electron chi connectivity index (χ1n) is 6.55. The summed E-state index contributed by atoms with van der Waals surface area (Å²) in [5.74, 6) is 0.613. The molecule has 92 valence electrons. The summed E-state index contributed by atoms with van der Waals surface area (Å²) in [6.07, 6.45) is 7.00. The smallest absolute Gasteiger partial charge is 0.146 e. The number of piperidine rings is 1. The summed E-state index contributed by atoms with van der Waals surface area (Å²) in [5.41, 5.74) is 6.87. The van der Waals surface area contributed by atoms with Crippen molar-refractivity contribution in [1.29, 1.82) is 0 Å². The highest BCUT2D eigenvalue weighted by atomic mass is 15.2. The van der Waals surface area contributed by atoms with E-state index in [2.05, 4.69) is 15.2 Å². The van der Waals surface area contributed by atoms with E-state index in [-0.39, 0.29) is 0 Å². The Labute approximate surface area is 102 Å². The Kier molecular flexibility index (Phi) is 2.89. The number of nitrogens with one attached hydrogen (secondary N) is 1. The van der Waals surface area contributed by atoms with E-state index in [9.17, 15) is 0 Å². The second-order valence-electron chi connectivity index (χ2n) is 5.07. The van der Waals surface area contributed by atoms with Crippen LogP contribution in [0.4, 0.5) is 11.5 Å². The maximum Gasteiger partial charge on any atom is 0.146 e. The first-order chi connectivity index (χ1) is 8.34. The number of hydrogen-bond acceptors (Lipinski definition) is 4. The van der Waals surface area contributed by atoms with Crippen LogP contribution >= 0.6 is 0 Å². The number of rotatable bonds is 2. The normalized spacial score (nSPS) is 28.9. The van der Waals surface area contributed by atoms with Crippen LogP contribution in [-0.2, 0) is 0 Å². The van der Waals surface area contributed by atoms with Crippen molar-refractivity contribution in [2.75, 3.05) is 24.1 Å². The highest BCUT2D eigenvalue weighted by Gasteiger charge is 2.35. The van der Waals surface area contributed by atoms with Crippen LogP contribution in [0.2, 0.25) is 0 Å². The Hall–Kier alpha value is -1.29. The average molecular weight is 232 g/mol. The van der Waals surface area contributed by atoms with Crippen LogP contribution in [-0.4, -0.2) is 35.1 Å². The van der Waals surface area contributed by atoms with Crippen LogP contribution in [0.15, 0.2) is 18.3 Å². The van der Waals surface area contributed by atoms with Gasteiger partial charge in [0, 0.05) is 24.8 Å². The molecule has 2 saturated heterocycles.